The summed E-state index contributed by atoms with van der Waals surface area (Å²) in [7, 11) is 0. The van der Waals surface area contributed by atoms with Gasteiger partial charge in [0.05, 0.1) is 26.4 Å². The van der Waals surface area contributed by atoms with Crippen LogP contribution in [0.4, 0.5) is 0 Å². The first-order valence-electron chi connectivity index (χ1n) is 31.5. The number of ether oxygens (including phenoxy) is 6. The largest absolute Gasteiger partial charge is 0.457 e. The molecule has 2 heterocycles. The van der Waals surface area contributed by atoms with Gasteiger partial charge < -0.3 is 64.2 Å². The molecule has 2 fully saturated rings. The zero-order valence-corrected chi connectivity index (χ0v) is 49.3. The topological polar surface area (TPSA) is 214 Å². The van der Waals surface area contributed by atoms with Crippen LogP contribution in [0.1, 0.15) is 232 Å². The number of unbranched alkanes of at least 4 members (excludes halogenated alkanes) is 25. The Kier molecular flexibility index (Phi) is 46.9. The van der Waals surface area contributed by atoms with Crippen molar-refractivity contribution in [3.8, 4) is 0 Å². The summed E-state index contributed by atoms with van der Waals surface area (Å²) in [5.41, 5.74) is 0. The lowest BCUT2D eigenvalue weighted by Gasteiger charge is -2.42. The zero-order valence-electron chi connectivity index (χ0n) is 49.3. The van der Waals surface area contributed by atoms with E-state index in [9.17, 15) is 40.5 Å². The quantitative estimate of drug-likeness (QED) is 0.0172. The molecule has 0 radical (unpaired) electrons. The Morgan fingerprint density at radius 3 is 1.22 bits per heavy atom. The second-order valence-electron chi connectivity index (χ2n) is 21.9. The summed E-state index contributed by atoms with van der Waals surface area (Å²) in [5, 5.41) is 72.4. The average Bonchev–Trinajstić information content (AvgIpc) is 3.46. The molecule has 0 aromatic heterocycles. The minimum atomic E-state index is -1.72. The van der Waals surface area contributed by atoms with Crippen LogP contribution < -0.4 is 0 Å². The lowest BCUT2D eigenvalue weighted by atomic mass is 9.98. The molecule has 0 aromatic carbocycles. The molecule has 11 unspecified atom stereocenters. The fourth-order valence-corrected chi connectivity index (χ4v) is 9.73. The molecule has 79 heavy (non-hydrogen) atoms. The number of aliphatic hydroxyl groups is 7. The minimum absolute atomic E-state index is 0.0305. The summed E-state index contributed by atoms with van der Waals surface area (Å²) in [6.45, 7) is 3.51. The number of hydrogen-bond donors (Lipinski definition) is 7. The predicted molar refractivity (Wildman–Crippen MR) is 316 cm³/mol. The number of hydrogen-bond acceptors (Lipinski definition) is 14. The molecule has 2 saturated heterocycles. The van der Waals surface area contributed by atoms with Crippen molar-refractivity contribution in [3.05, 3.63) is 72.9 Å². The molecule has 0 aliphatic carbocycles. The van der Waals surface area contributed by atoms with Crippen LogP contribution in [0.2, 0.25) is 0 Å². The van der Waals surface area contributed by atoms with Crippen molar-refractivity contribution in [2.45, 2.75) is 300 Å². The molecule has 0 aromatic rings. The van der Waals surface area contributed by atoms with Crippen LogP contribution in [0.3, 0.4) is 0 Å². The summed E-state index contributed by atoms with van der Waals surface area (Å²) in [5.74, 6) is -0.455. The molecule has 11 atom stereocenters. The summed E-state index contributed by atoms with van der Waals surface area (Å²) in [4.78, 5) is 13.1. The van der Waals surface area contributed by atoms with E-state index in [1.165, 1.54) is 148 Å². The molecule has 2 aliphatic rings. The maximum atomic E-state index is 13.1. The summed E-state index contributed by atoms with van der Waals surface area (Å²) in [6.07, 6.45) is 49.9. The molecule has 14 nitrogen and oxygen atoms in total. The van der Waals surface area contributed by atoms with Crippen LogP contribution in [-0.2, 0) is 33.2 Å². The van der Waals surface area contributed by atoms with Gasteiger partial charge in [-0.05, 0) is 51.4 Å². The van der Waals surface area contributed by atoms with Gasteiger partial charge in [-0.2, -0.15) is 0 Å². The van der Waals surface area contributed by atoms with Crippen molar-refractivity contribution in [2.75, 3.05) is 33.0 Å². The minimum Gasteiger partial charge on any atom is -0.457 e. The van der Waals surface area contributed by atoms with E-state index in [-0.39, 0.29) is 19.6 Å². The van der Waals surface area contributed by atoms with Crippen LogP contribution >= 0.6 is 0 Å². The maximum Gasteiger partial charge on any atom is 0.306 e. The Labute approximate surface area is 478 Å². The number of aliphatic hydroxyl groups excluding tert-OH is 7. The average molecular weight is 1120 g/mol. The van der Waals surface area contributed by atoms with Crippen molar-refractivity contribution in [2.24, 2.45) is 0 Å². The Morgan fingerprint density at radius 2 is 0.797 bits per heavy atom. The van der Waals surface area contributed by atoms with Crippen molar-refractivity contribution in [1.82, 2.24) is 0 Å². The van der Waals surface area contributed by atoms with Crippen LogP contribution in [0.15, 0.2) is 72.9 Å². The molecule has 458 valence electrons. The summed E-state index contributed by atoms with van der Waals surface area (Å²) < 4.78 is 34.4. The first-order chi connectivity index (χ1) is 38.6. The van der Waals surface area contributed by atoms with E-state index >= 15 is 0 Å². The van der Waals surface area contributed by atoms with E-state index in [0.29, 0.717) is 13.0 Å². The van der Waals surface area contributed by atoms with Crippen molar-refractivity contribution in [1.29, 1.82) is 0 Å². The molecule has 0 bridgehead atoms. The van der Waals surface area contributed by atoms with E-state index in [1.807, 2.05) is 12.2 Å². The molecular weight excluding hydrogens is 1000 g/mol. The molecule has 0 saturated carbocycles. The monoisotopic (exact) mass is 1120 g/mol. The second-order valence-corrected chi connectivity index (χ2v) is 21.9. The van der Waals surface area contributed by atoms with Gasteiger partial charge in [0.1, 0.15) is 54.9 Å². The van der Waals surface area contributed by atoms with Gasteiger partial charge in [-0.25, -0.2) is 0 Å². The first kappa shape index (κ1) is 72.5. The second kappa shape index (κ2) is 51.1. The molecule has 7 N–H and O–H groups in total. The third-order valence-corrected chi connectivity index (χ3v) is 14.7. The van der Waals surface area contributed by atoms with E-state index < -0.39 is 86.7 Å². The summed E-state index contributed by atoms with van der Waals surface area (Å²) in [6, 6.07) is 0. The standard InChI is InChI=1S/C65H114O14/c1-3-5-7-9-11-13-15-17-19-21-23-24-25-26-27-28-29-31-33-35-37-39-41-43-45-47-49-74-51-54(77-57(67)48-46-44-42-40-38-36-34-32-30-22-20-18-16-14-12-10-8-6-4-2)52-75-64-63(73)61(71)59(69)56(79-64)53-76-65-62(72)60(70)58(68)55(50-66)78-65/h6,8,12,14,18,20,30,32,36,38,42,44,54-56,58-66,68-73H,3-5,7,9-11,13,15-17,19,21-29,31,33-35,37,39-41,43,45-53H2,1-2H3/b8-6-,14-12-,20-18-,32-30-,38-36-,44-42-. The van der Waals surface area contributed by atoms with Gasteiger partial charge in [0.25, 0.3) is 0 Å². The van der Waals surface area contributed by atoms with Gasteiger partial charge in [-0.3, -0.25) is 4.79 Å². The lowest BCUT2D eigenvalue weighted by molar-refractivity contribution is -0.332. The van der Waals surface area contributed by atoms with Crippen LogP contribution in [-0.4, -0.2) is 142 Å². The highest BCUT2D eigenvalue weighted by atomic mass is 16.7. The van der Waals surface area contributed by atoms with Crippen molar-refractivity contribution >= 4 is 5.97 Å². The number of esters is 1. The van der Waals surface area contributed by atoms with E-state index in [0.717, 1.165) is 57.8 Å². The van der Waals surface area contributed by atoms with Gasteiger partial charge >= 0.3 is 5.97 Å². The van der Waals surface area contributed by atoms with E-state index in [2.05, 4.69) is 74.6 Å². The third kappa shape index (κ3) is 37.3. The van der Waals surface area contributed by atoms with Crippen molar-refractivity contribution < 1.29 is 69.0 Å². The first-order valence-corrected chi connectivity index (χ1v) is 31.5. The van der Waals surface area contributed by atoms with Gasteiger partial charge in [0.2, 0.25) is 0 Å². The SMILES string of the molecule is CC/C=C\C/C=C\C/C=C\C/C=C\C/C=C\C/C=C\CCC(=O)OC(COCCCCCCCCCCCCCCCCCCCCCCCCCCCC)COC1OC(COC2OC(CO)C(O)C(O)C2O)C(O)C(O)C1O. The number of rotatable bonds is 51. The Bertz CT molecular complexity index is 1580. The molecule has 2 aliphatic heterocycles. The van der Waals surface area contributed by atoms with Gasteiger partial charge in [0, 0.05) is 13.0 Å². The number of carbonyl (C=O) groups is 1. The van der Waals surface area contributed by atoms with Gasteiger partial charge in [-0.1, -0.05) is 247 Å². The fraction of sp³-hybridized carbons (Fsp3) is 0.800. The fourth-order valence-electron chi connectivity index (χ4n) is 9.73. The molecule has 2 rings (SSSR count). The molecule has 0 amide bonds. The molecular formula is C65H114O14. The van der Waals surface area contributed by atoms with Crippen LogP contribution in [0, 0.1) is 0 Å². The Hall–Kier alpha value is -2.57. The van der Waals surface area contributed by atoms with E-state index in [1.54, 1.807) is 0 Å². The van der Waals surface area contributed by atoms with Crippen LogP contribution in [0.5, 0.6) is 0 Å². The zero-order chi connectivity index (χ0) is 57.2. The summed E-state index contributed by atoms with van der Waals surface area (Å²) >= 11 is 0. The highest BCUT2D eigenvalue weighted by Gasteiger charge is 2.47. The highest BCUT2D eigenvalue weighted by Crippen LogP contribution is 2.27. The van der Waals surface area contributed by atoms with Crippen LogP contribution in [0.25, 0.3) is 0 Å². The highest BCUT2D eigenvalue weighted by molar-refractivity contribution is 5.69. The van der Waals surface area contributed by atoms with E-state index in [4.69, 9.17) is 28.4 Å². The van der Waals surface area contributed by atoms with Crippen molar-refractivity contribution in [3.63, 3.8) is 0 Å². The molecule has 14 heteroatoms. The smallest absolute Gasteiger partial charge is 0.306 e. The Morgan fingerprint density at radius 1 is 0.430 bits per heavy atom. The van der Waals surface area contributed by atoms with Gasteiger partial charge in [0.15, 0.2) is 12.6 Å². The predicted octanol–water partition coefficient (Wildman–Crippen LogP) is 12.2. The lowest BCUT2D eigenvalue weighted by Crippen LogP contribution is -2.61. The van der Waals surface area contributed by atoms with Gasteiger partial charge in [-0.15, -0.1) is 0 Å². The number of carbonyl (C=O) groups excluding carboxylic acids is 1. The third-order valence-electron chi connectivity index (χ3n) is 14.7. The Balaban J connectivity index is 1.69. The molecule has 0 spiro atoms. The normalized spacial score (nSPS) is 24.5. The maximum absolute atomic E-state index is 13.1. The number of allylic oxidation sites excluding steroid dienone is 12.